The summed E-state index contributed by atoms with van der Waals surface area (Å²) in [6.45, 7) is 0. The predicted octanol–water partition coefficient (Wildman–Crippen LogP) is 5.34. The first kappa shape index (κ1) is 20.6. The molecular formula is C21H42N2S. The highest BCUT2D eigenvalue weighted by Crippen LogP contribution is 2.54. The van der Waals surface area contributed by atoms with Crippen molar-refractivity contribution in [3.63, 3.8) is 0 Å². The average Bonchev–Trinajstić information content (AvgIpc) is 3.16. The first-order valence-corrected chi connectivity index (χ1v) is 11.8. The van der Waals surface area contributed by atoms with Crippen LogP contribution in [0.25, 0.3) is 0 Å². The third-order valence-corrected chi connectivity index (χ3v) is 7.57. The zero-order valence-corrected chi connectivity index (χ0v) is 16.9. The second-order valence-electron chi connectivity index (χ2n) is 8.72. The van der Waals surface area contributed by atoms with E-state index in [1.165, 1.54) is 108 Å². The molecule has 0 amide bonds. The molecule has 0 atom stereocenters. The minimum Gasteiger partial charge on any atom is -0.333 e. The van der Waals surface area contributed by atoms with E-state index in [0.717, 1.165) is 17.8 Å². The molecular weight excluding hydrogens is 312 g/mol. The Morgan fingerprint density at radius 3 is 1.17 bits per heavy atom. The van der Waals surface area contributed by atoms with Crippen LogP contribution in [0.2, 0.25) is 0 Å². The minimum atomic E-state index is 0.300. The highest BCUT2D eigenvalue weighted by atomic mass is 32.2. The molecule has 1 heterocycles. The molecule has 1 saturated heterocycles. The second-order valence-corrected chi connectivity index (χ2v) is 9.95. The third kappa shape index (κ3) is 6.88. The van der Waals surface area contributed by atoms with Crippen molar-refractivity contribution >= 4 is 11.8 Å². The van der Waals surface area contributed by atoms with E-state index in [1.54, 1.807) is 0 Å². The van der Waals surface area contributed by atoms with Gasteiger partial charge in [0.1, 0.15) is 0 Å². The van der Waals surface area contributed by atoms with Crippen LogP contribution < -0.4 is 11.5 Å². The van der Waals surface area contributed by atoms with E-state index < -0.39 is 0 Å². The van der Waals surface area contributed by atoms with Crippen LogP contribution in [0.1, 0.15) is 89.9 Å². The van der Waals surface area contributed by atoms with Crippen molar-refractivity contribution in [2.75, 3.05) is 18.6 Å². The van der Waals surface area contributed by atoms with Gasteiger partial charge >= 0.3 is 0 Å². The van der Waals surface area contributed by atoms with Crippen LogP contribution in [-0.2, 0) is 0 Å². The summed E-state index contributed by atoms with van der Waals surface area (Å²) in [5.74, 6) is 5.89. The van der Waals surface area contributed by atoms with E-state index in [4.69, 9.17) is 5.73 Å². The highest BCUT2D eigenvalue weighted by Gasteiger charge is 2.48. The Kier molecular flexibility index (Phi) is 9.50. The Balaban J connectivity index is 0.000000137. The van der Waals surface area contributed by atoms with E-state index in [1.807, 2.05) is 0 Å². The van der Waals surface area contributed by atoms with Gasteiger partial charge in [-0.15, -0.1) is 0 Å². The molecule has 4 N–H and O–H groups in total. The summed E-state index contributed by atoms with van der Waals surface area (Å²) in [7, 11) is 1.50. The molecule has 5 saturated carbocycles. The highest BCUT2D eigenvalue weighted by molar-refractivity contribution is 7.99. The number of hydrogen-bond acceptors (Lipinski definition) is 3. The van der Waals surface area contributed by atoms with E-state index in [2.05, 4.69) is 17.5 Å². The number of nitrogens with two attached hydrogens (primary N) is 2. The lowest BCUT2D eigenvalue weighted by atomic mass is 9.53. The third-order valence-electron chi connectivity index (χ3n) is 6.41. The summed E-state index contributed by atoms with van der Waals surface area (Å²) in [5, 5.41) is 0. The van der Waals surface area contributed by atoms with Gasteiger partial charge in [0.05, 0.1) is 0 Å². The summed E-state index contributed by atoms with van der Waals surface area (Å²) < 4.78 is 0. The molecule has 5 aliphatic carbocycles. The SMILES string of the molecule is C1CCCC1.C1CCSCC1.CN.NC12CC3CC(CC(C3)C1)C2. The Labute approximate surface area is 155 Å². The predicted molar refractivity (Wildman–Crippen MR) is 109 cm³/mol. The van der Waals surface area contributed by atoms with Gasteiger partial charge in [-0.1, -0.05) is 38.5 Å². The summed E-state index contributed by atoms with van der Waals surface area (Å²) in [6, 6.07) is 0. The molecule has 0 aromatic heterocycles. The smallest absolute Gasteiger partial charge is 0.0162 e. The summed E-state index contributed by atoms with van der Waals surface area (Å²) in [6.07, 6.45) is 20.5. The van der Waals surface area contributed by atoms with Crippen LogP contribution in [0.5, 0.6) is 0 Å². The Bertz CT molecular complexity index is 269. The van der Waals surface area contributed by atoms with Crippen molar-refractivity contribution < 1.29 is 0 Å². The molecule has 3 heteroatoms. The molecule has 6 aliphatic rings. The first-order chi connectivity index (χ1) is 11.7. The Morgan fingerprint density at radius 2 is 0.958 bits per heavy atom. The summed E-state index contributed by atoms with van der Waals surface area (Å²) in [4.78, 5) is 0. The normalized spacial score (nSPS) is 38.9. The van der Waals surface area contributed by atoms with Gasteiger partial charge in [-0.25, -0.2) is 0 Å². The monoisotopic (exact) mass is 354 g/mol. The van der Waals surface area contributed by atoms with Crippen LogP contribution in [0.4, 0.5) is 0 Å². The van der Waals surface area contributed by atoms with E-state index >= 15 is 0 Å². The molecule has 2 nitrogen and oxygen atoms in total. The second kappa shape index (κ2) is 11.1. The molecule has 6 rings (SSSR count). The van der Waals surface area contributed by atoms with Crippen LogP contribution in [0, 0.1) is 17.8 Å². The van der Waals surface area contributed by atoms with Gasteiger partial charge in [-0.2, -0.15) is 11.8 Å². The van der Waals surface area contributed by atoms with Crippen molar-refractivity contribution in [1.82, 2.24) is 0 Å². The lowest BCUT2D eigenvalue weighted by molar-refractivity contribution is 0.000365. The molecule has 24 heavy (non-hydrogen) atoms. The fourth-order valence-corrected chi connectivity index (χ4v) is 6.77. The van der Waals surface area contributed by atoms with Crippen molar-refractivity contribution in [1.29, 1.82) is 0 Å². The van der Waals surface area contributed by atoms with Crippen LogP contribution in [0.3, 0.4) is 0 Å². The largest absolute Gasteiger partial charge is 0.333 e. The first-order valence-electron chi connectivity index (χ1n) is 10.7. The number of rotatable bonds is 0. The fourth-order valence-electron chi connectivity index (χ4n) is 5.75. The minimum absolute atomic E-state index is 0.300. The molecule has 0 unspecified atom stereocenters. The average molecular weight is 355 g/mol. The maximum Gasteiger partial charge on any atom is 0.0162 e. The molecule has 0 aromatic rings. The standard InChI is InChI=1S/C10H17N.C5H10S.C5H10.CH5N/c11-10-4-7-1-8(5-10)3-9(2-7)6-10;1-2-4-6-5-3-1;1-2-4-5-3-1;1-2/h7-9H,1-6,11H2;1-5H2;1-5H2;2H2,1H3. The quantitative estimate of drug-likeness (QED) is 0.617. The van der Waals surface area contributed by atoms with Crippen LogP contribution in [-0.4, -0.2) is 24.1 Å². The maximum absolute atomic E-state index is 6.32. The summed E-state index contributed by atoms with van der Waals surface area (Å²) >= 11 is 2.09. The van der Waals surface area contributed by atoms with E-state index in [0.29, 0.717) is 5.54 Å². The topological polar surface area (TPSA) is 52.0 Å². The molecule has 6 fully saturated rings. The number of thioether (sulfide) groups is 1. The summed E-state index contributed by atoms with van der Waals surface area (Å²) in [5.41, 5.74) is 11.1. The molecule has 4 bridgehead atoms. The van der Waals surface area contributed by atoms with E-state index in [9.17, 15) is 0 Å². The molecule has 0 radical (unpaired) electrons. The van der Waals surface area contributed by atoms with Gasteiger partial charge in [0.2, 0.25) is 0 Å². The Hall–Kier alpha value is 0.270. The lowest BCUT2D eigenvalue weighted by Crippen LogP contribution is -2.55. The molecule has 142 valence electrons. The maximum atomic E-state index is 6.32. The molecule has 0 spiro atoms. The number of hydrogen-bond donors (Lipinski definition) is 2. The molecule has 1 aliphatic heterocycles. The van der Waals surface area contributed by atoms with Gasteiger partial charge in [-0.3, -0.25) is 0 Å². The van der Waals surface area contributed by atoms with Crippen LogP contribution in [0.15, 0.2) is 0 Å². The van der Waals surface area contributed by atoms with Crippen molar-refractivity contribution in [2.24, 2.45) is 29.2 Å². The van der Waals surface area contributed by atoms with Crippen molar-refractivity contribution in [2.45, 2.75) is 95.4 Å². The lowest BCUT2D eigenvalue weighted by Gasteiger charge is -2.55. The fraction of sp³-hybridized carbons (Fsp3) is 1.00. The Morgan fingerprint density at radius 1 is 0.625 bits per heavy atom. The van der Waals surface area contributed by atoms with Gasteiger partial charge in [0.15, 0.2) is 0 Å². The zero-order valence-electron chi connectivity index (χ0n) is 16.1. The van der Waals surface area contributed by atoms with Gasteiger partial charge < -0.3 is 11.5 Å². The zero-order chi connectivity index (χ0) is 17.3. The van der Waals surface area contributed by atoms with Gasteiger partial charge in [0, 0.05) is 5.54 Å². The van der Waals surface area contributed by atoms with Gasteiger partial charge in [-0.05, 0) is 87.7 Å². The van der Waals surface area contributed by atoms with E-state index in [-0.39, 0.29) is 0 Å². The molecule has 0 aromatic carbocycles. The van der Waals surface area contributed by atoms with Crippen molar-refractivity contribution in [3.8, 4) is 0 Å². The van der Waals surface area contributed by atoms with Gasteiger partial charge in [0.25, 0.3) is 0 Å². The van der Waals surface area contributed by atoms with Crippen LogP contribution >= 0.6 is 11.8 Å². The van der Waals surface area contributed by atoms with Crippen molar-refractivity contribution in [3.05, 3.63) is 0 Å².